The van der Waals surface area contributed by atoms with Crippen LogP contribution in [0, 0.1) is 5.92 Å². The van der Waals surface area contributed by atoms with E-state index >= 15 is 0 Å². The van der Waals surface area contributed by atoms with E-state index in [4.69, 9.17) is 0 Å². The molecule has 0 spiro atoms. The molecule has 0 radical (unpaired) electrons. The van der Waals surface area contributed by atoms with Gasteiger partial charge in [-0.05, 0) is 43.2 Å². The van der Waals surface area contributed by atoms with Crippen LogP contribution in [0.4, 0.5) is 0 Å². The number of rotatable bonds is 5. The second-order valence-corrected chi connectivity index (χ2v) is 6.22. The highest BCUT2D eigenvalue weighted by atomic mass is 79.9. The summed E-state index contributed by atoms with van der Waals surface area (Å²) in [4.78, 5) is 14.6. The number of hydrogen-bond donors (Lipinski definition) is 0. The van der Waals surface area contributed by atoms with Gasteiger partial charge in [0.25, 0.3) is 5.91 Å². The van der Waals surface area contributed by atoms with Crippen LogP contribution in [0.2, 0.25) is 0 Å². The van der Waals surface area contributed by atoms with Gasteiger partial charge in [-0.3, -0.25) is 4.79 Å². The Morgan fingerprint density at radius 2 is 2.11 bits per heavy atom. The van der Waals surface area contributed by atoms with E-state index in [9.17, 15) is 4.79 Å². The molecule has 19 heavy (non-hydrogen) atoms. The Morgan fingerprint density at radius 3 is 2.89 bits per heavy atom. The second kappa shape index (κ2) is 7.09. The summed E-state index contributed by atoms with van der Waals surface area (Å²) in [5.41, 5.74) is 2.12. The largest absolute Gasteiger partial charge is 0.339 e. The molecule has 1 unspecified atom stereocenters. The molecule has 104 valence electrons. The molecule has 0 aromatic heterocycles. The Kier molecular flexibility index (Phi) is 5.44. The lowest BCUT2D eigenvalue weighted by Crippen LogP contribution is -2.32. The predicted molar refractivity (Wildman–Crippen MR) is 82.9 cm³/mol. The van der Waals surface area contributed by atoms with E-state index in [2.05, 4.69) is 28.9 Å². The minimum atomic E-state index is 0.221. The van der Waals surface area contributed by atoms with Gasteiger partial charge in [-0.15, -0.1) is 0 Å². The van der Waals surface area contributed by atoms with Crippen molar-refractivity contribution in [1.29, 1.82) is 0 Å². The Balaban J connectivity index is 2.01. The molecule has 0 N–H and O–H groups in total. The summed E-state index contributed by atoms with van der Waals surface area (Å²) in [6.07, 6.45) is 4.38. The molecule has 1 amide bonds. The summed E-state index contributed by atoms with van der Waals surface area (Å²) in [6, 6.07) is 8.05. The molecule has 2 rings (SSSR count). The first-order chi connectivity index (χ1) is 9.22. The second-order valence-electron chi connectivity index (χ2n) is 5.42. The average molecular weight is 324 g/mol. The van der Waals surface area contributed by atoms with E-state index < -0.39 is 0 Å². The van der Waals surface area contributed by atoms with Crippen molar-refractivity contribution in [2.24, 2.45) is 5.92 Å². The van der Waals surface area contributed by atoms with Crippen LogP contribution < -0.4 is 0 Å². The zero-order valence-electron chi connectivity index (χ0n) is 11.6. The van der Waals surface area contributed by atoms with Gasteiger partial charge in [-0.25, -0.2) is 0 Å². The average Bonchev–Trinajstić information content (AvgIpc) is 2.57. The van der Waals surface area contributed by atoms with Gasteiger partial charge in [0.15, 0.2) is 0 Å². The van der Waals surface area contributed by atoms with E-state index in [-0.39, 0.29) is 5.91 Å². The quantitative estimate of drug-likeness (QED) is 0.753. The van der Waals surface area contributed by atoms with Crippen LogP contribution in [0.15, 0.2) is 24.3 Å². The number of carbonyl (C=O) groups is 1. The first kappa shape index (κ1) is 14.6. The van der Waals surface area contributed by atoms with Gasteiger partial charge < -0.3 is 4.90 Å². The molecule has 0 fully saturated rings. The van der Waals surface area contributed by atoms with Crippen LogP contribution in [0.3, 0.4) is 0 Å². The maximum absolute atomic E-state index is 12.5. The molecule has 0 bridgehead atoms. The minimum absolute atomic E-state index is 0.221. The highest BCUT2D eigenvalue weighted by Gasteiger charge is 2.21. The highest BCUT2D eigenvalue weighted by Crippen LogP contribution is 2.19. The number of halogens is 1. The van der Waals surface area contributed by atoms with Gasteiger partial charge in [0.05, 0.1) is 0 Å². The molecule has 0 aliphatic carbocycles. The lowest BCUT2D eigenvalue weighted by Gasteiger charge is -2.22. The van der Waals surface area contributed by atoms with Crippen molar-refractivity contribution in [2.75, 3.05) is 18.4 Å². The van der Waals surface area contributed by atoms with E-state index in [0.717, 1.165) is 43.2 Å². The number of aryl methyl sites for hydroxylation is 1. The van der Waals surface area contributed by atoms with E-state index in [1.54, 1.807) is 0 Å². The van der Waals surface area contributed by atoms with Gasteiger partial charge >= 0.3 is 0 Å². The number of hydrogen-bond acceptors (Lipinski definition) is 1. The third-order valence-electron chi connectivity index (χ3n) is 3.90. The number of benzene rings is 1. The van der Waals surface area contributed by atoms with Gasteiger partial charge in [0.2, 0.25) is 0 Å². The lowest BCUT2D eigenvalue weighted by atomic mass is 10.0. The Hall–Kier alpha value is -0.830. The van der Waals surface area contributed by atoms with Crippen molar-refractivity contribution in [3.05, 3.63) is 35.4 Å². The maximum atomic E-state index is 12.5. The number of carbonyl (C=O) groups excluding carboxylic acids is 1. The van der Waals surface area contributed by atoms with Crippen LogP contribution in [-0.2, 0) is 6.42 Å². The molecule has 1 heterocycles. The molecule has 1 aliphatic rings. The molecule has 3 heteroatoms. The molecular weight excluding hydrogens is 302 g/mol. The summed E-state index contributed by atoms with van der Waals surface area (Å²) < 4.78 is 0. The van der Waals surface area contributed by atoms with Crippen LogP contribution in [0.1, 0.15) is 42.1 Å². The Labute approximate surface area is 124 Å². The zero-order valence-corrected chi connectivity index (χ0v) is 13.2. The fraction of sp³-hybridized carbons (Fsp3) is 0.562. The smallest absolute Gasteiger partial charge is 0.254 e. The number of nitrogens with zero attached hydrogens (tertiary/aromatic N) is 1. The molecule has 0 saturated carbocycles. The fourth-order valence-corrected chi connectivity index (χ4v) is 3.38. The zero-order chi connectivity index (χ0) is 13.7. The van der Waals surface area contributed by atoms with Gasteiger partial charge in [0.1, 0.15) is 0 Å². The van der Waals surface area contributed by atoms with Crippen LogP contribution >= 0.6 is 15.9 Å². The molecule has 0 saturated heterocycles. The van der Waals surface area contributed by atoms with Crippen LogP contribution in [0.5, 0.6) is 0 Å². The van der Waals surface area contributed by atoms with Crippen LogP contribution in [0.25, 0.3) is 0 Å². The topological polar surface area (TPSA) is 20.3 Å². The van der Waals surface area contributed by atoms with Gasteiger partial charge in [0, 0.05) is 24.0 Å². The highest BCUT2D eigenvalue weighted by molar-refractivity contribution is 9.09. The van der Waals surface area contributed by atoms with Gasteiger partial charge in [-0.1, -0.05) is 41.1 Å². The first-order valence-electron chi connectivity index (χ1n) is 7.15. The van der Waals surface area contributed by atoms with E-state index in [1.165, 1.54) is 12.0 Å². The summed E-state index contributed by atoms with van der Waals surface area (Å²) in [5.74, 6) is 0.893. The normalized spacial score (nSPS) is 16.9. The molecule has 1 aliphatic heterocycles. The molecule has 2 nitrogen and oxygen atoms in total. The molecule has 1 aromatic rings. The third-order valence-corrected chi connectivity index (χ3v) is 4.36. The van der Waals surface area contributed by atoms with Crippen molar-refractivity contribution in [3.63, 3.8) is 0 Å². The minimum Gasteiger partial charge on any atom is -0.339 e. The van der Waals surface area contributed by atoms with Crippen molar-refractivity contribution in [3.8, 4) is 0 Å². The summed E-state index contributed by atoms with van der Waals surface area (Å²) in [7, 11) is 0. The van der Waals surface area contributed by atoms with E-state index in [0.29, 0.717) is 5.92 Å². The molecule has 1 aromatic carbocycles. The fourth-order valence-electron chi connectivity index (χ4n) is 2.60. The molecule has 1 atom stereocenters. The first-order valence-corrected chi connectivity index (χ1v) is 8.27. The number of fused-ring (bicyclic) bond motifs is 1. The third kappa shape index (κ3) is 3.82. The standard InChI is InChI=1S/C16H22BrNO/c1-13(8-10-17)9-12-18-11-4-6-14-5-2-3-7-15(14)16(18)19/h2-3,5,7,13H,4,6,8-12H2,1H3. The van der Waals surface area contributed by atoms with Gasteiger partial charge in [-0.2, -0.15) is 0 Å². The predicted octanol–water partition coefficient (Wildman–Crippen LogP) is 3.89. The number of alkyl halides is 1. The Bertz CT molecular complexity index is 433. The lowest BCUT2D eigenvalue weighted by molar-refractivity contribution is 0.0752. The summed E-state index contributed by atoms with van der Waals surface area (Å²) >= 11 is 3.48. The van der Waals surface area contributed by atoms with E-state index in [1.807, 2.05) is 23.1 Å². The van der Waals surface area contributed by atoms with Crippen molar-refractivity contribution >= 4 is 21.8 Å². The number of amides is 1. The summed E-state index contributed by atoms with van der Waals surface area (Å²) in [5, 5.41) is 1.05. The summed E-state index contributed by atoms with van der Waals surface area (Å²) in [6.45, 7) is 4.05. The maximum Gasteiger partial charge on any atom is 0.254 e. The van der Waals surface area contributed by atoms with Crippen molar-refractivity contribution in [1.82, 2.24) is 4.90 Å². The monoisotopic (exact) mass is 323 g/mol. The molecular formula is C16H22BrNO. The SMILES string of the molecule is CC(CCBr)CCN1CCCc2ccccc2C1=O. The van der Waals surface area contributed by atoms with Crippen LogP contribution in [-0.4, -0.2) is 29.2 Å². The Morgan fingerprint density at radius 1 is 1.32 bits per heavy atom. The van der Waals surface area contributed by atoms with Crippen molar-refractivity contribution in [2.45, 2.75) is 32.6 Å². The van der Waals surface area contributed by atoms with Crippen molar-refractivity contribution < 1.29 is 4.79 Å².